The molecule has 204 valence electrons. The normalized spacial score (nSPS) is 13.5. The van der Waals surface area contributed by atoms with Gasteiger partial charge in [0, 0.05) is 60.8 Å². The lowest BCUT2D eigenvalue weighted by atomic mass is 10.1. The molecule has 0 aliphatic carbocycles. The van der Waals surface area contributed by atoms with Gasteiger partial charge in [-0.05, 0) is 43.5 Å². The highest BCUT2D eigenvalue weighted by Crippen LogP contribution is 2.32. The number of hydrogen-bond donors (Lipinski definition) is 3. The summed E-state index contributed by atoms with van der Waals surface area (Å²) in [4.78, 5) is 34.4. The van der Waals surface area contributed by atoms with Crippen LogP contribution in [-0.2, 0) is 11.8 Å². The van der Waals surface area contributed by atoms with Crippen LogP contribution in [0.2, 0.25) is 5.02 Å². The SMILES string of the molecule is Cn1cc(-c2cnc3[nH]cc(-c4nnc(Nc5ccc(C(=O)NCC(=O)N6CCCCC6)cc5Cl)o4)c3c2)cn1. The van der Waals surface area contributed by atoms with Gasteiger partial charge in [0.1, 0.15) is 5.65 Å². The minimum absolute atomic E-state index is 0.0473. The van der Waals surface area contributed by atoms with Gasteiger partial charge in [0.25, 0.3) is 11.8 Å². The van der Waals surface area contributed by atoms with Gasteiger partial charge in [-0.2, -0.15) is 5.10 Å². The number of carbonyl (C=O) groups is 2. The predicted molar refractivity (Wildman–Crippen MR) is 149 cm³/mol. The number of fused-ring (bicyclic) bond motifs is 1. The molecule has 1 aliphatic rings. The van der Waals surface area contributed by atoms with E-state index in [2.05, 4.69) is 35.9 Å². The number of anilines is 2. The van der Waals surface area contributed by atoms with E-state index in [-0.39, 0.29) is 29.4 Å². The number of carbonyl (C=O) groups excluding carboxylic acids is 2. The van der Waals surface area contributed by atoms with Crippen LogP contribution in [0.25, 0.3) is 33.6 Å². The Morgan fingerprint density at radius 1 is 1.10 bits per heavy atom. The van der Waals surface area contributed by atoms with Crippen molar-refractivity contribution in [3.05, 3.63) is 59.6 Å². The largest absolute Gasteiger partial charge is 0.403 e. The highest BCUT2D eigenvalue weighted by Gasteiger charge is 2.19. The monoisotopic (exact) mass is 559 g/mol. The first-order chi connectivity index (χ1) is 19.4. The van der Waals surface area contributed by atoms with Gasteiger partial charge < -0.3 is 24.9 Å². The van der Waals surface area contributed by atoms with Crippen LogP contribution in [0.1, 0.15) is 29.6 Å². The molecule has 12 nitrogen and oxygen atoms in total. The average Bonchev–Trinajstić information content (AvgIpc) is 3.72. The summed E-state index contributed by atoms with van der Waals surface area (Å²) in [7, 11) is 1.86. The van der Waals surface area contributed by atoms with E-state index in [4.69, 9.17) is 16.0 Å². The molecule has 13 heteroatoms. The van der Waals surface area contributed by atoms with Crippen LogP contribution in [0.5, 0.6) is 0 Å². The van der Waals surface area contributed by atoms with Crippen molar-refractivity contribution in [2.75, 3.05) is 25.0 Å². The molecule has 1 fully saturated rings. The molecule has 3 N–H and O–H groups in total. The number of nitrogens with one attached hydrogen (secondary N) is 3. The number of aromatic nitrogens is 6. The molecule has 5 heterocycles. The topological polar surface area (TPSA) is 147 Å². The Hall–Kier alpha value is -4.71. The summed E-state index contributed by atoms with van der Waals surface area (Å²) >= 11 is 6.44. The Kier molecular flexibility index (Phi) is 6.91. The maximum atomic E-state index is 12.6. The van der Waals surface area contributed by atoms with Crippen molar-refractivity contribution < 1.29 is 14.0 Å². The molecule has 0 bridgehead atoms. The van der Waals surface area contributed by atoms with E-state index < -0.39 is 0 Å². The fourth-order valence-electron chi connectivity index (χ4n) is 4.68. The Morgan fingerprint density at radius 3 is 2.73 bits per heavy atom. The van der Waals surface area contributed by atoms with Crippen molar-refractivity contribution in [3.63, 3.8) is 0 Å². The lowest BCUT2D eigenvalue weighted by Crippen LogP contribution is -2.42. The summed E-state index contributed by atoms with van der Waals surface area (Å²) in [5.41, 5.74) is 4.06. The second-order valence-corrected chi connectivity index (χ2v) is 9.99. The summed E-state index contributed by atoms with van der Waals surface area (Å²) in [5, 5.41) is 19.3. The van der Waals surface area contributed by atoms with Crippen molar-refractivity contribution in [1.29, 1.82) is 0 Å². The first-order valence-electron chi connectivity index (χ1n) is 12.9. The van der Waals surface area contributed by atoms with E-state index in [0.717, 1.165) is 48.9 Å². The maximum absolute atomic E-state index is 12.6. The molecular weight excluding hydrogens is 534 g/mol. The fourth-order valence-corrected chi connectivity index (χ4v) is 4.90. The lowest BCUT2D eigenvalue weighted by Gasteiger charge is -2.26. The van der Waals surface area contributed by atoms with Gasteiger partial charge in [-0.25, -0.2) is 4.98 Å². The van der Waals surface area contributed by atoms with Gasteiger partial charge in [-0.1, -0.05) is 16.7 Å². The molecule has 40 heavy (non-hydrogen) atoms. The molecular formula is C27H26ClN9O3. The number of aromatic amines is 1. The zero-order chi connectivity index (χ0) is 27.6. The fraction of sp³-hybridized carbons (Fsp3) is 0.259. The van der Waals surface area contributed by atoms with E-state index in [0.29, 0.717) is 28.4 Å². The van der Waals surface area contributed by atoms with E-state index in [9.17, 15) is 9.59 Å². The lowest BCUT2D eigenvalue weighted by molar-refractivity contribution is -0.130. The Bertz CT molecular complexity index is 1700. The van der Waals surface area contributed by atoms with Crippen LogP contribution in [0.3, 0.4) is 0 Å². The van der Waals surface area contributed by atoms with Crippen LogP contribution in [0.15, 0.2) is 53.5 Å². The average molecular weight is 560 g/mol. The van der Waals surface area contributed by atoms with E-state index in [1.165, 1.54) is 6.07 Å². The van der Waals surface area contributed by atoms with Crippen LogP contribution >= 0.6 is 11.6 Å². The molecule has 1 aromatic carbocycles. The van der Waals surface area contributed by atoms with Crippen LogP contribution in [-0.4, -0.2) is 66.3 Å². The number of amides is 2. The maximum Gasteiger partial charge on any atom is 0.320 e. The first kappa shape index (κ1) is 25.6. The number of H-pyrrole nitrogens is 1. The van der Waals surface area contributed by atoms with Crippen molar-refractivity contribution in [2.45, 2.75) is 19.3 Å². The molecule has 0 spiro atoms. The molecule has 0 radical (unpaired) electrons. The predicted octanol–water partition coefficient (Wildman–Crippen LogP) is 4.15. The second kappa shape index (κ2) is 10.8. The molecule has 0 atom stereocenters. The summed E-state index contributed by atoms with van der Waals surface area (Å²) in [6.45, 7) is 1.43. The van der Waals surface area contributed by atoms with Gasteiger partial charge in [-0.3, -0.25) is 14.3 Å². The summed E-state index contributed by atoms with van der Waals surface area (Å²) in [6, 6.07) is 6.89. The third-order valence-corrected chi connectivity index (χ3v) is 7.12. The Balaban J connectivity index is 1.13. The van der Waals surface area contributed by atoms with Crippen molar-refractivity contribution in [1.82, 2.24) is 40.2 Å². The highest BCUT2D eigenvalue weighted by molar-refractivity contribution is 6.33. The summed E-state index contributed by atoms with van der Waals surface area (Å²) < 4.78 is 7.60. The highest BCUT2D eigenvalue weighted by atomic mass is 35.5. The molecule has 1 saturated heterocycles. The number of likely N-dealkylation sites (tertiary alicyclic amines) is 1. The molecule has 2 amide bonds. The number of benzene rings is 1. The van der Waals surface area contributed by atoms with Gasteiger partial charge in [0.05, 0.1) is 29.0 Å². The number of hydrogen-bond acceptors (Lipinski definition) is 8. The van der Waals surface area contributed by atoms with Crippen LogP contribution in [0.4, 0.5) is 11.7 Å². The van der Waals surface area contributed by atoms with E-state index in [1.807, 2.05) is 19.3 Å². The Labute approximate surface area is 233 Å². The van der Waals surface area contributed by atoms with Crippen molar-refractivity contribution >= 4 is 46.2 Å². The zero-order valence-electron chi connectivity index (χ0n) is 21.6. The standard InChI is InChI=1S/C27H26ClN9O3/c1-36-15-18(12-32-36)17-9-19-20(13-30-24(19)29-11-17)26-34-35-27(40-26)33-22-6-5-16(10-21(22)28)25(39)31-14-23(38)37-7-3-2-4-8-37/h5-6,9-13,15H,2-4,7-8,14H2,1H3,(H,29,30)(H,31,39)(H,33,35). The third kappa shape index (κ3) is 5.25. The number of halogens is 1. The van der Waals surface area contributed by atoms with Crippen molar-refractivity contribution in [2.24, 2.45) is 7.05 Å². The van der Waals surface area contributed by atoms with Gasteiger partial charge in [-0.15, -0.1) is 5.10 Å². The molecule has 0 saturated carbocycles. The molecule has 5 aromatic rings. The smallest absolute Gasteiger partial charge is 0.320 e. The van der Waals surface area contributed by atoms with Crippen LogP contribution in [0, 0.1) is 0 Å². The van der Waals surface area contributed by atoms with E-state index in [1.54, 1.807) is 40.3 Å². The number of pyridine rings is 1. The molecule has 1 aliphatic heterocycles. The number of nitrogens with zero attached hydrogens (tertiary/aromatic N) is 6. The van der Waals surface area contributed by atoms with Crippen LogP contribution < -0.4 is 10.6 Å². The van der Waals surface area contributed by atoms with Gasteiger partial charge in [0.15, 0.2) is 0 Å². The number of piperidine rings is 1. The number of rotatable bonds is 7. The van der Waals surface area contributed by atoms with Crippen molar-refractivity contribution in [3.8, 4) is 22.6 Å². The van der Waals surface area contributed by atoms with Gasteiger partial charge in [0.2, 0.25) is 5.91 Å². The quantitative estimate of drug-likeness (QED) is 0.269. The van der Waals surface area contributed by atoms with E-state index >= 15 is 0 Å². The molecule has 4 aromatic heterocycles. The second-order valence-electron chi connectivity index (χ2n) is 9.58. The number of aryl methyl sites for hydroxylation is 1. The summed E-state index contributed by atoms with van der Waals surface area (Å²) in [5.74, 6) is -0.161. The zero-order valence-corrected chi connectivity index (χ0v) is 22.4. The minimum Gasteiger partial charge on any atom is -0.403 e. The third-order valence-electron chi connectivity index (χ3n) is 6.81. The minimum atomic E-state index is -0.377. The molecule has 0 unspecified atom stereocenters. The first-order valence-corrected chi connectivity index (χ1v) is 13.2. The summed E-state index contributed by atoms with van der Waals surface area (Å²) in [6.07, 6.45) is 10.4. The Morgan fingerprint density at radius 2 is 1.95 bits per heavy atom. The molecule has 6 rings (SSSR count). The van der Waals surface area contributed by atoms with Gasteiger partial charge >= 0.3 is 6.01 Å².